The van der Waals surface area contributed by atoms with Crippen molar-refractivity contribution in [1.29, 1.82) is 0 Å². The van der Waals surface area contributed by atoms with E-state index < -0.39 is 0 Å². The minimum absolute atomic E-state index is 0.355. The standard InChI is InChI=1S/C14H19Br2NO/c1-10(13-5-4-11(15)9-14(13)16)17-7-6-12-3-2-8-18-12/h4-5,9-10,12,17H,2-3,6-8H2,1H3. The first kappa shape index (κ1) is 14.5. The van der Waals surface area contributed by atoms with Crippen LogP contribution in [0.4, 0.5) is 0 Å². The maximum absolute atomic E-state index is 5.62. The summed E-state index contributed by atoms with van der Waals surface area (Å²) >= 11 is 7.09. The third kappa shape index (κ3) is 4.05. The molecule has 1 N–H and O–H groups in total. The summed E-state index contributed by atoms with van der Waals surface area (Å²) in [6.45, 7) is 4.15. The Hall–Kier alpha value is 0.1000. The van der Waals surface area contributed by atoms with Crippen molar-refractivity contribution in [2.75, 3.05) is 13.2 Å². The molecule has 1 aliphatic rings. The lowest BCUT2D eigenvalue weighted by atomic mass is 10.1. The van der Waals surface area contributed by atoms with Gasteiger partial charge in [-0.05, 0) is 50.4 Å². The van der Waals surface area contributed by atoms with Crippen LogP contribution in [-0.4, -0.2) is 19.3 Å². The first-order valence-corrected chi connectivity index (χ1v) is 8.05. The van der Waals surface area contributed by atoms with Crippen LogP contribution in [-0.2, 0) is 4.74 Å². The molecule has 1 aliphatic heterocycles. The first-order chi connectivity index (χ1) is 8.66. The Morgan fingerprint density at radius 3 is 2.94 bits per heavy atom. The molecule has 1 aromatic carbocycles. The van der Waals surface area contributed by atoms with E-state index in [1.807, 2.05) is 0 Å². The molecule has 4 heteroatoms. The Morgan fingerprint density at radius 2 is 2.28 bits per heavy atom. The minimum atomic E-state index is 0.355. The molecule has 0 amide bonds. The van der Waals surface area contributed by atoms with Crippen LogP contribution >= 0.6 is 31.9 Å². The molecule has 0 aromatic heterocycles. The van der Waals surface area contributed by atoms with Crippen molar-refractivity contribution >= 4 is 31.9 Å². The fraction of sp³-hybridized carbons (Fsp3) is 0.571. The van der Waals surface area contributed by atoms with E-state index in [0.717, 1.165) is 28.5 Å². The zero-order valence-electron chi connectivity index (χ0n) is 10.6. The van der Waals surface area contributed by atoms with Gasteiger partial charge in [-0.3, -0.25) is 0 Å². The second kappa shape index (κ2) is 7.04. The number of rotatable bonds is 5. The number of ether oxygens (including phenoxy) is 1. The predicted molar refractivity (Wildman–Crippen MR) is 81.9 cm³/mol. The van der Waals surface area contributed by atoms with E-state index in [1.165, 1.54) is 18.4 Å². The molecule has 1 saturated heterocycles. The number of benzene rings is 1. The van der Waals surface area contributed by atoms with E-state index in [2.05, 4.69) is 62.3 Å². The second-order valence-electron chi connectivity index (χ2n) is 4.77. The van der Waals surface area contributed by atoms with Gasteiger partial charge in [-0.1, -0.05) is 37.9 Å². The van der Waals surface area contributed by atoms with Crippen LogP contribution in [0.1, 0.15) is 37.8 Å². The Balaban J connectivity index is 1.81. The van der Waals surface area contributed by atoms with Gasteiger partial charge in [0, 0.05) is 21.6 Å². The Morgan fingerprint density at radius 1 is 1.44 bits per heavy atom. The Bertz CT molecular complexity index is 391. The van der Waals surface area contributed by atoms with Gasteiger partial charge in [0.25, 0.3) is 0 Å². The minimum Gasteiger partial charge on any atom is -0.378 e. The van der Waals surface area contributed by atoms with Gasteiger partial charge in [0.15, 0.2) is 0 Å². The highest BCUT2D eigenvalue weighted by molar-refractivity contribution is 9.11. The SMILES string of the molecule is CC(NCCC1CCCO1)c1ccc(Br)cc1Br. The Labute approximate surface area is 126 Å². The summed E-state index contributed by atoms with van der Waals surface area (Å²) in [5.41, 5.74) is 1.30. The number of halogens is 2. The van der Waals surface area contributed by atoms with Crippen molar-refractivity contribution in [3.63, 3.8) is 0 Å². The zero-order chi connectivity index (χ0) is 13.0. The molecule has 18 heavy (non-hydrogen) atoms. The lowest BCUT2D eigenvalue weighted by Gasteiger charge is -2.17. The van der Waals surface area contributed by atoms with Crippen LogP contribution in [0.3, 0.4) is 0 Å². The molecular formula is C14H19Br2NO. The van der Waals surface area contributed by atoms with E-state index in [4.69, 9.17) is 4.74 Å². The van der Waals surface area contributed by atoms with Crippen LogP contribution in [0.5, 0.6) is 0 Å². The lowest BCUT2D eigenvalue weighted by Crippen LogP contribution is -2.23. The molecule has 0 radical (unpaired) electrons. The average Bonchev–Trinajstić information content (AvgIpc) is 2.81. The molecule has 1 fully saturated rings. The largest absolute Gasteiger partial charge is 0.378 e. The van der Waals surface area contributed by atoms with Crippen LogP contribution in [0.25, 0.3) is 0 Å². The zero-order valence-corrected chi connectivity index (χ0v) is 13.8. The summed E-state index contributed by atoms with van der Waals surface area (Å²) in [5, 5.41) is 3.56. The third-order valence-corrected chi connectivity index (χ3v) is 4.55. The molecule has 1 aromatic rings. The summed E-state index contributed by atoms with van der Waals surface area (Å²) in [7, 11) is 0. The van der Waals surface area contributed by atoms with Crippen molar-refractivity contribution in [1.82, 2.24) is 5.32 Å². The lowest BCUT2D eigenvalue weighted by molar-refractivity contribution is 0.103. The van der Waals surface area contributed by atoms with Crippen LogP contribution in [0, 0.1) is 0 Å². The van der Waals surface area contributed by atoms with Crippen molar-refractivity contribution in [3.8, 4) is 0 Å². The Kier molecular flexibility index (Phi) is 5.67. The highest BCUT2D eigenvalue weighted by Gasteiger charge is 2.15. The van der Waals surface area contributed by atoms with Gasteiger partial charge in [0.1, 0.15) is 0 Å². The molecule has 2 rings (SSSR count). The van der Waals surface area contributed by atoms with Gasteiger partial charge in [-0.15, -0.1) is 0 Å². The second-order valence-corrected chi connectivity index (χ2v) is 6.54. The topological polar surface area (TPSA) is 21.3 Å². The van der Waals surface area contributed by atoms with Crippen molar-refractivity contribution < 1.29 is 4.74 Å². The molecular weight excluding hydrogens is 358 g/mol. The van der Waals surface area contributed by atoms with E-state index in [1.54, 1.807) is 0 Å². The fourth-order valence-electron chi connectivity index (χ4n) is 2.30. The quantitative estimate of drug-likeness (QED) is 0.820. The van der Waals surface area contributed by atoms with Gasteiger partial charge in [-0.2, -0.15) is 0 Å². The normalized spacial score (nSPS) is 21.2. The summed E-state index contributed by atoms with van der Waals surface area (Å²) in [6, 6.07) is 6.68. The molecule has 0 saturated carbocycles. The molecule has 2 nitrogen and oxygen atoms in total. The van der Waals surface area contributed by atoms with Crippen molar-refractivity contribution in [3.05, 3.63) is 32.7 Å². The predicted octanol–water partition coefficient (Wildman–Crippen LogP) is 4.43. The molecule has 100 valence electrons. The number of hydrogen-bond acceptors (Lipinski definition) is 2. The summed E-state index contributed by atoms with van der Waals surface area (Å²) in [4.78, 5) is 0. The van der Waals surface area contributed by atoms with E-state index in [0.29, 0.717) is 12.1 Å². The first-order valence-electron chi connectivity index (χ1n) is 6.47. The smallest absolute Gasteiger partial charge is 0.0588 e. The van der Waals surface area contributed by atoms with Gasteiger partial charge in [0.2, 0.25) is 0 Å². The maximum Gasteiger partial charge on any atom is 0.0588 e. The summed E-state index contributed by atoms with van der Waals surface area (Å²) in [6.07, 6.45) is 4.02. The molecule has 2 unspecified atom stereocenters. The molecule has 0 bridgehead atoms. The van der Waals surface area contributed by atoms with E-state index in [9.17, 15) is 0 Å². The van der Waals surface area contributed by atoms with Gasteiger partial charge < -0.3 is 10.1 Å². The maximum atomic E-state index is 5.62. The van der Waals surface area contributed by atoms with Crippen molar-refractivity contribution in [2.24, 2.45) is 0 Å². The molecule has 0 spiro atoms. The van der Waals surface area contributed by atoms with E-state index >= 15 is 0 Å². The number of nitrogens with one attached hydrogen (secondary N) is 1. The summed E-state index contributed by atoms with van der Waals surface area (Å²) < 4.78 is 7.87. The van der Waals surface area contributed by atoms with Gasteiger partial charge in [-0.25, -0.2) is 0 Å². The van der Waals surface area contributed by atoms with Gasteiger partial charge in [0.05, 0.1) is 6.10 Å². The third-order valence-electron chi connectivity index (χ3n) is 3.37. The van der Waals surface area contributed by atoms with Crippen LogP contribution in [0.15, 0.2) is 27.1 Å². The highest BCUT2D eigenvalue weighted by atomic mass is 79.9. The average molecular weight is 377 g/mol. The molecule has 0 aliphatic carbocycles. The number of hydrogen-bond donors (Lipinski definition) is 1. The summed E-state index contributed by atoms with van der Waals surface area (Å²) in [5.74, 6) is 0. The van der Waals surface area contributed by atoms with Gasteiger partial charge >= 0.3 is 0 Å². The van der Waals surface area contributed by atoms with Crippen LogP contribution in [0.2, 0.25) is 0 Å². The monoisotopic (exact) mass is 375 g/mol. The molecule has 2 atom stereocenters. The molecule has 1 heterocycles. The van der Waals surface area contributed by atoms with Crippen molar-refractivity contribution in [2.45, 2.75) is 38.3 Å². The fourth-order valence-corrected chi connectivity index (χ4v) is 3.69. The van der Waals surface area contributed by atoms with Crippen LogP contribution < -0.4 is 5.32 Å². The van der Waals surface area contributed by atoms with E-state index in [-0.39, 0.29) is 0 Å². The highest BCUT2D eigenvalue weighted by Crippen LogP contribution is 2.26.